The Balaban J connectivity index is 1.67. The molecule has 3 aliphatic carbocycles. The number of likely N-dealkylation sites (N-methyl/N-ethyl adjacent to an activating group) is 1. The van der Waals surface area contributed by atoms with Gasteiger partial charge in [-0.25, -0.2) is 0 Å². The number of benzene rings is 2. The molecule has 0 aliphatic heterocycles. The first-order chi connectivity index (χ1) is 18.0. The molecule has 0 saturated heterocycles. The molecular weight excluding hydrogens is 488 g/mol. The van der Waals surface area contributed by atoms with E-state index < -0.39 is 52.3 Å². The van der Waals surface area contributed by atoms with E-state index in [0.29, 0.717) is 12.0 Å². The summed E-state index contributed by atoms with van der Waals surface area (Å²) in [7, 11) is 3.43. The fraction of sp³-hybridized carbons (Fsp3) is 0.345. The van der Waals surface area contributed by atoms with Gasteiger partial charge in [-0.15, -0.1) is 0 Å². The van der Waals surface area contributed by atoms with E-state index in [2.05, 4.69) is 0 Å². The number of nitrogens with two attached hydrogens (primary N) is 1. The number of ketones is 2. The van der Waals surface area contributed by atoms with E-state index in [-0.39, 0.29) is 35.7 Å². The number of allylic oxidation sites excluding steroid dienone is 1. The molecule has 0 aromatic heterocycles. The van der Waals surface area contributed by atoms with Gasteiger partial charge in [0.2, 0.25) is 5.78 Å². The molecule has 9 nitrogen and oxygen atoms in total. The van der Waals surface area contributed by atoms with Crippen molar-refractivity contribution in [1.82, 2.24) is 4.90 Å². The number of Topliss-reactive ketones (excluding diaryl/α,β-unsaturated/α-hetero) is 2. The highest BCUT2D eigenvalue weighted by Gasteiger charge is 2.63. The molecule has 1 amide bonds. The summed E-state index contributed by atoms with van der Waals surface area (Å²) in [5.41, 5.74) is 4.73. The van der Waals surface area contributed by atoms with Crippen molar-refractivity contribution in [2.24, 2.45) is 17.6 Å². The molecule has 2 aromatic rings. The van der Waals surface area contributed by atoms with E-state index in [4.69, 9.17) is 10.5 Å². The minimum absolute atomic E-state index is 0.0265. The van der Waals surface area contributed by atoms with Crippen LogP contribution in [0.5, 0.6) is 5.75 Å². The SMILES string of the molecule is Cc1ccc(O)c2c1CC1CC3C(N(C)C)C(OCc4ccccc4)=C(C(N)=O)C(=O)C3(O)C(O)=C1C2=O. The summed E-state index contributed by atoms with van der Waals surface area (Å²) in [6, 6.07) is 11.5. The lowest BCUT2D eigenvalue weighted by Gasteiger charge is -2.50. The molecule has 9 heteroatoms. The second-order valence-corrected chi connectivity index (χ2v) is 10.5. The number of aliphatic hydroxyl groups excluding tert-OH is 1. The maximum Gasteiger partial charge on any atom is 0.255 e. The molecule has 0 fully saturated rings. The predicted octanol–water partition coefficient (Wildman–Crippen LogP) is 2.09. The fourth-order valence-electron chi connectivity index (χ4n) is 6.27. The number of aliphatic hydroxyl groups is 2. The van der Waals surface area contributed by atoms with Crippen molar-refractivity contribution in [2.45, 2.75) is 38.0 Å². The number of phenols is 1. The molecule has 0 radical (unpaired) electrons. The van der Waals surface area contributed by atoms with Crippen molar-refractivity contribution >= 4 is 17.5 Å². The lowest BCUT2D eigenvalue weighted by Crippen LogP contribution is -2.64. The van der Waals surface area contributed by atoms with E-state index in [1.807, 2.05) is 37.3 Å². The highest BCUT2D eigenvalue weighted by atomic mass is 16.5. The fourth-order valence-corrected chi connectivity index (χ4v) is 6.27. The van der Waals surface area contributed by atoms with Gasteiger partial charge < -0.3 is 25.8 Å². The number of hydrogen-bond acceptors (Lipinski definition) is 8. The number of amides is 1. The Kier molecular flexibility index (Phi) is 6.16. The van der Waals surface area contributed by atoms with Crippen LogP contribution < -0.4 is 5.73 Å². The number of fused-ring (bicyclic) bond motifs is 3. The monoisotopic (exact) mass is 518 g/mol. The third-order valence-corrected chi connectivity index (χ3v) is 8.06. The second kappa shape index (κ2) is 9.11. The molecule has 2 aromatic carbocycles. The van der Waals surface area contributed by atoms with Crippen molar-refractivity contribution in [3.05, 3.63) is 87.4 Å². The predicted molar refractivity (Wildman–Crippen MR) is 137 cm³/mol. The van der Waals surface area contributed by atoms with Crippen LogP contribution in [0.3, 0.4) is 0 Å². The maximum absolute atomic E-state index is 13.8. The van der Waals surface area contributed by atoms with Gasteiger partial charge in [-0.2, -0.15) is 0 Å². The number of phenolic OH excluding ortho intramolecular Hbond substituents is 1. The van der Waals surface area contributed by atoms with Crippen LogP contribution in [0.1, 0.15) is 33.5 Å². The van der Waals surface area contributed by atoms with Gasteiger partial charge in [-0.05, 0) is 62.5 Å². The summed E-state index contributed by atoms with van der Waals surface area (Å²) in [6.45, 7) is 1.89. The zero-order valence-corrected chi connectivity index (χ0v) is 21.4. The summed E-state index contributed by atoms with van der Waals surface area (Å²) < 4.78 is 6.07. The van der Waals surface area contributed by atoms with Crippen LogP contribution in [0.25, 0.3) is 0 Å². The normalized spacial score (nSPS) is 26.7. The Morgan fingerprint density at radius 3 is 2.45 bits per heavy atom. The molecule has 5 rings (SSSR count). The lowest BCUT2D eigenvalue weighted by atomic mass is 9.58. The third-order valence-electron chi connectivity index (χ3n) is 8.06. The van der Waals surface area contributed by atoms with E-state index in [9.17, 15) is 29.7 Å². The molecule has 0 spiro atoms. The van der Waals surface area contributed by atoms with E-state index in [1.54, 1.807) is 25.1 Å². The Hall–Kier alpha value is -3.95. The minimum Gasteiger partial charge on any atom is -0.508 e. The van der Waals surface area contributed by atoms with Gasteiger partial charge in [0, 0.05) is 11.5 Å². The number of aromatic hydroxyl groups is 1. The van der Waals surface area contributed by atoms with Gasteiger partial charge in [0.15, 0.2) is 11.4 Å². The molecule has 0 bridgehead atoms. The van der Waals surface area contributed by atoms with Gasteiger partial charge in [0.25, 0.3) is 5.91 Å². The van der Waals surface area contributed by atoms with Crippen molar-refractivity contribution in [3.8, 4) is 5.75 Å². The average Bonchev–Trinajstić information content (AvgIpc) is 2.87. The molecule has 0 saturated carbocycles. The molecule has 4 unspecified atom stereocenters. The number of carbonyl (C=O) groups is 3. The molecule has 5 N–H and O–H groups in total. The summed E-state index contributed by atoms with van der Waals surface area (Å²) in [5.74, 6) is -5.34. The van der Waals surface area contributed by atoms with Gasteiger partial charge in [0.1, 0.15) is 29.4 Å². The molecule has 4 atom stereocenters. The van der Waals surface area contributed by atoms with Gasteiger partial charge in [-0.3, -0.25) is 19.3 Å². The molecule has 198 valence electrons. The summed E-state index contributed by atoms with van der Waals surface area (Å²) >= 11 is 0. The standard InChI is InChI=1S/C29H30N2O7/c1-14-9-10-19(32)21-17(14)11-16-12-18-23(31(2)3)25(38-13-15-7-5-4-6-8-15)22(28(30)36)27(35)29(18,37)26(34)20(16)24(21)33/h4-10,16,18,23,32,34,37H,11-13H2,1-3H3,(H2,30,36). The first-order valence-electron chi connectivity index (χ1n) is 12.4. The number of ether oxygens (including phenoxy) is 1. The number of hydrogen-bond donors (Lipinski definition) is 4. The van der Waals surface area contributed by atoms with E-state index in [1.165, 1.54) is 6.07 Å². The average molecular weight is 519 g/mol. The van der Waals surface area contributed by atoms with Crippen LogP contribution in [0.15, 0.2) is 65.1 Å². The summed E-state index contributed by atoms with van der Waals surface area (Å²) in [4.78, 5) is 41.7. The van der Waals surface area contributed by atoms with Crippen LogP contribution in [-0.2, 0) is 27.4 Å². The summed E-state index contributed by atoms with van der Waals surface area (Å²) in [5, 5.41) is 33.8. The van der Waals surface area contributed by atoms with Gasteiger partial charge in [0.05, 0.1) is 11.6 Å². The highest BCUT2D eigenvalue weighted by Crippen LogP contribution is 2.52. The van der Waals surface area contributed by atoms with Crippen molar-refractivity contribution < 1.29 is 34.4 Å². The number of nitrogens with zero attached hydrogens (tertiary/aromatic N) is 1. The smallest absolute Gasteiger partial charge is 0.255 e. The van der Waals surface area contributed by atoms with Crippen LogP contribution >= 0.6 is 0 Å². The molecule has 3 aliphatic rings. The number of aryl methyl sites for hydroxylation is 1. The molecule has 38 heavy (non-hydrogen) atoms. The largest absolute Gasteiger partial charge is 0.508 e. The minimum atomic E-state index is -2.57. The van der Waals surface area contributed by atoms with Gasteiger partial charge >= 0.3 is 0 Å². The Labute approximate surface area is 219 Å². The van der Waals surface area contributed by atoms with Gasteiger partial charge in [-0.1, -0.05) is 36.4 Å². The quantitative estimate of drug-likeness (QED) is 0.440. The zero-order valence-electron chi connectivity index (χ0n) is 21.4. The zero-order chi connectivity index (χ0) is 27.5. The van der Waals surface area contributed by atoms with Crippen LogP contribution in [0.4, 0.5) is 0 Å². The lowest BCUT2D eigenvalue weighted by molar-refractivity contribution is -0.149. The Morgan fingerprint density at radius 1 is 1.13 bits per heavy atom. The number of rotatable bonds is 5. The molecule has 0 heterocycles. The van der Waals surface area contributed by atoms with Crippen molar-refractivity contribution in [1.29, 1.82) is 0 Å². The topological polar surface area (TPSA) is 150 Å². The van der Waals surface area contributed by atoms with Crippen LogP contribution in [0, 0.1) is 18.8 Å². The van der Waals surface area contributed by atoms with E-state index >= 15 is 0 Å². The molecular formula is C29H30N2O7. The Morgan fingerprint density at radius 2 is 1.82 bits per heavy atom. The second-order valence-electron chi connectivity index (χ2n) is 10.5. The third kappa shape index (κ3) is 3.65. The van der Waals surface area contributed by atoms with Crippen LogP contribution in [-0.4, -0.2) is 63.4 Å². The maximum atomic E-state index is 13.8. The van der Waals surface area contributed by atoms with Crippen molar-refractivity contribution in [2.75, 3.05) is 14.1 Å². The highest BCUT2D eigenvalue weighted by molar-refractivity contribution is 6.24. The first kappa shape index (κ1) is 25.7. The van der Waals surface area contributed by atoms with Crippen molar-refractivity contribution in [3.63, 3.8) is 0 Å². The number of carbonyl (C=O) groups excluding carboxylic acids is 3. The van der Waals surface area contributed by atoms with E-state index in [0.717, 1.165) is 11.1 Å². The summed E-state index contributed by atoms with van der Waals surface area (Å²) in [6.07, 6.45) is 0.475. The Bertz CT molecular complexity index is 1430. The van der Waals surface area contributed by atoms with Crippen LogP contribution in [0.2, 0.25) is 0 Å². The first-order valence-corrected chi connectivity index (χ1v) is 12.4. The number of primary amides is 1.